The summed E-state index contributed by atoms with van der Waals surface area (Å²) in [6, 6.07) is 7.75. The summed E-state index contributed by atoms with van der Waals surface area (Å²) in [5, 5.41) is 5.25. The lowest BCUT2D eigenvalue weighted by molar-refractivity contribution is 0.0933. The van der Waals surface area contributed by atoms with Gasteiger partial charge in [0.1, 0.15) is 0 Å². The van der Waals surface area contributed by atoms with Gasteiger partial charge in [0.05, 0.1) is 6.04 Å². The highest BCUT2D eigenvalue weighted by atomic mass is 32.1. The summed E-state index contributed by atoms with van der Waals surface area (Å²) in [5.41, 5.74) is 9.46. The Labute approximate surface area is 122 Å². The van der Waals surface area contributed by atoms with Crippen molar-refractivity contribution in [1.29, 1.82) is 0 Å². The fourth-order valence-electron chi connectivity index (χ4n) is 2.66. The number of aryl methyl sites for hydroxylation is 2. The molecular weight excluding hydrogens is 268 g/mol. The molecule has 0 saturated heterocycles. The van der Waals surface area contributed by atoms with E-state index >= 15 is 0 Å². The van der Waals surface area contributed by atoms with Crippen LogP contribution < -0.4 is 11.1 Å². The van der Waals surface area contributed by atoms with Crippen LogP contribution in [-0.2, 0) is 6.42 Å². The van der Waals surface area contributed by atoms with E-state index in [1.165, 1.54) is 10.4 Å². The SMILES string of the molecule is Cc1ccc(C(=O)NC2CCCc3sccc32)cc1N. The van der Waals surface area contributed by atoms with Gasteiger partial charge in [0.25, 0.3) is 5.91 Å². The molecule has 0 spiro atoms. The van der Waals surface area contributed by atoms with Crippen molar-refractivity contribution in [2.24, 2.45) is 0 Å². The van der Waals surface area contributed by atoms with Crippen molar-refractivity contribution in [2.75, 3.05) is 5.73 Å². The van der Waals surface area contributed by atoms with Crippen LogP contribution in [0.5, 0.6) is 0 Å². The third-order valence-electron chi connectivity index (χ3n) is 3.90. The van der Waals surface area contributed by atoms with Crippen molar-refractivity contribution in [2.45, 2.75) is 32.2 Å². The minimum absolute atomic E-state index is 0.0410. The minimum atomic E-state index is -0.0410. The third kappa shape index (κ3) is 2.43. The molecule has 0 saturated carbocycles. The van der Waals surface area contributed by atoms with Crippen molar-refractivity contribution in [3.63, 3.8) is 0 Å². The number of amides is 1. The number of fused-ring (bicyclic) bond motifs is 1. The first-order valence-corrected chi connectivity index (χ1v) is 7.76. The molecule has 3 rings (SSSR count). The van der Waals surface area contributed by atoms with E-state index in [4.69, 9.17) is 5.73 Å². The van der Waals surface area contributed by atoms with Gasteiger partial charge < -0.3 is 11.1 Å². The largest absolute Gasteiger partial charge is 0.398 e. The zero-order valence-corrected chi connectivity index (χ0v) is 12.3. The minimum Gasteiger partial charge on any atom is -0.398 e. The molecule has 104 valence electrons. The second-order valence-corrected chi connectivity index (χ2v) is 6.29. The van der Waals surface area contributed by atoms with Gasteiger partial charge in [-0.15, -0.1) is 11.3 Å². The maximum absolute atomic E-state index is 12.3. The number of hydrogen-bond donors (Lipinski definition) is 2. The molecule has 1 aliphatic rings. The van der Waals surface area contributed by atoms with Crippen LogP contribution in [0.3, 0.4) is 0 Å². The quantitative estimate of drug-likeness (QED) is 0.831. The molecule has 1 amide bonds. The summed E-state index contributed by atoms with van der Waals surface area (Å²) in [5.74, 6) is -0.0410. The smallest absolute Gasteiger partial charge is 0.251 e. The fraction of sp³-hybridized carbons (Fsp3) is 0.312. The summed E-state index contributed by atoms with van der Waals surface area (Å²) in [4.78, 5) is 13.8. The summed E-state index contributed by atoms with van der Waals surface area (Å²) in [6.45, 7) is 1.94. The van der Waals surface area contributed by atoms with Crippen LogP contribution in [0.25, 0.3) is 0 Å². The van der Waals surface area contributed by atoms with Crippen LogP contribution in [0.1, 0.15) is 45.2 Å². The molecule has 2 aromatic rings. The molecule has 3 nitrogen and oxygen atoms in total. The Balaban J connectivity index is 1.79. The van der Waals surface area contributed by atoms with E-state index in [0.717, 1.165) is 24.8 Å². The average Bonchev–Trinajstić information content (AvgIpc) is 2.91. The van der Waals surface area contributed by atoms with Crippen molar-refractivity contribution >= 4 is 22.9 Å². The number of nitrogen functional groups attached to an aromatic ring is 1. The van der Waals surface area contributed by atoms with Crippen LogP contribution in [0.4, 0.5) is 5.69 Å². The van der Waals surface area contributed by atoms with Gasteiger partial charge in [-0.25, -0.2) is 0 Å². The molecule has 0 aliphatic heterocycles. The molecule has 1 atom stereocenters. The molecule has 0 radical (unpaired) electrons. The van der Waals surface area contributed by atoms with Crippen molar-refractivity contribution in [3.05, 3.63) is 51.2 Å². The molecule has 3 N–H and O–H groups in total. The van der Waals surface area contributed by atoms with Gasteiger partial charge in [-0.1, -0.05) is 6.07 Å². The monoisotopic (exact) mass is 286 g/mol. The number of hydrogen-bond acceptors (Lipinski definition) is 3. The summed E-state index contributed by atoms with van der Waals surface area (Å²) in [7, 11) is 0. The molecule has 0 bridgehead atoms. The predicted octanol–water partition coefficient (Wildman–Crippen LogP) is 3.45. The van der Waals surface area contributed by atoms with E-state index in [2.05, 4.69) is 16.8 Å². The second-order valence-electron chi connectivity index (χ2n) is 5.29. The van der Waals surface area contributed by atoms with Crippen LogP contribution in [-0.4, -0.2) is 5.91 Å². The maximum Gasteiger partial charge on any atom is 0.251 e. The van der Waals surface area contributed by atoms with Gasteiger partial charge in [0.15, 0.2) is 0 Å². The maximum atomic E-state index is 12.3. The first-order chi connectivity index (χ1) is 9.65. The molecule has 20 heavy (non-hydrogen) atoms. The van der Waals surface area contributed by atoms with E-state index in [-0.39, 0.29) is 11.9 Å². The van der Waals surface area contributed by atoms with Crippen molar-refractivity contribution in [3.8, 4) is 0 Å². The lowest BCUT2D eigenvalue weighted by Crippen LogP contribution is -2.30. The first-order valence-electron chi connectivity index (χ1n) is 6.88. The Morgan fingerprint density at radius 1 is 1.40 bits per heavy atom. The standard InChI is InChI=1S/C16H18N2OS/c1-10-5-6-11(9-13(10)17)16(19)18-14-3-2-4-15-12(14)7-8-20-15/h5-9,14H,2-4,17H2,1H3,(H,18,19). The Morgan fingerprint density at radius 3 is 3.05 bits per heavy atom. The lowest BCUT2D eigenvalue weighted by Gasteiger charge is -2.23. The average molecular weight is 286 g/mol. The Morgan fingerprint density at radius 2 is 2.25 bits per heavy atom. The highest BCUT2D eigenvalue weighted by Crippen LogP contribution is 2.33. The highest BCUT2D eigenvalue weighted by molar-refractivity contribution is 7.10. The van der Waals surface area contributed by atoms with Gasteiger partial charge >= 0.3 is 0 Å². The number of carbonyl (C=O) groups excluding carboxylic acids is 1. The summed E-state index contributed by atoms with van der Waals surface area (Å²) < 4.78 is 0. The van der Waals surface area contributed by atoms with Crippen LogP contribution in [0.15, 0.2) is 29.6 Å². The van der Waals surface area contributed by atoms with Crippen LogP contribution in [0.2, 0.25) is 0 Å². The van der Waals surface area contributed by atoms with Gasteiger partial charge in [-0.2, -0.15) is 0 Å². The van der Waals surface area contributed by atoms with Gasteiger partial charge in [-0.3, -0.25) is 4.79 Å². The van der Waals surface area contributed by atoms with Crippen molar-refractivity contribution < 1.29 is 4.79 Å². The summed E-state index contributed by atoms with van der Waals surface area (Å²) in [6.07, 6.45) is 3.28. The number of carbonyl (C=O) groups is 1. The van der Waals surface area contributed by atoms with E-state index in [1.807, 2.05) is 19.1 Å². The number of anilines is 1. The zero-order valence-electron chi connectivity index (χ0n) is 11.5. The van der Waals surface area contributed by atoms with Gasteiger partial charge in [0.2, 0.25) is 0 Å². The zero-order chi connectivity index (χ0) is 14.1. The number of rotatable bonds is 2. The lowest BCUT2D eigenvalue weighted by atomic mass is 9.94. The molecule has 1 aromatic carbocycles. The van der Waals surface area contributed by atoms with Crippen LogP contribution in [0, 0.1) is 6.92 Å². The third-order valence-corrected chi connectivity index (χ3v) is 4.90. The topological polar surface area (TPSA) is 55.1 Å². The molecule has 0 fully saturated rings. The van der Waals surface area contributed by atoms with Crippen molar-refractivity contribution in [1.82, 2.24) is 5.32 Å². The second kappa shape index (κ2) is 5.29. The molecular formula is C16H18N2OS. The van der Waals surface area contributed by atoms with E-state index in [1.54, 1.807) is 17.4 Å². The normalized spacial score (nSPS) is 17.6. The summed E-state index contributed by atoms with van der Waals surface area (Å²) >= 11 is 1.79. The fourth-order valence-corrected chi connectivity index (χ4v) is 3.65. The first kappa shape index (κ1) is 13.2. The molecule has 1 aliphatic carbocycles. The number of nitrogens with one attached hydrogen (secondary N) is 1. The molecule has 1 aromatic heterocycles. The van der Waals surface area contributed by atoms with E-state index < -0.39 is 0 Å². The van der Waals surface area contributed by atoms with E-state index in [0.29, 0.717) is 11.3 Å². The number of nitrogens with two attached hydrogens (primary N) is 1. The Bertz CT molecular complexity index is 648. The van der Waals surface area contributed by atoms with Gasteiger partial charge in [-0.05, 0) is 60.9 Å². The molecule has 1 unspecified atom stereocenters. The Kier molecular flexibility index (Phi) is 3.49. The number of thiophene rings is 1. The predicted molar refractivity (Wildman–Crippen MR) is 83.1 cm³/mol. The Hall–Kier alpha value is -1.81. The van der Waals surface area contributed by atoms with Crippen LogP contribution >= 0.6 is 11.3 Å². The van der Waals surface area contributed by atoms with Gasteiger partial charge in [0, 0.05) is 16.1 Å². The highest BCUT2D eigenvalue weighted by Gasteiger charge is 2.23. The number of benzene rings is 1. The van der Waals surface area contributed by atoms with E-state index in [9.17, 15) is 4.79 Å². The molecule has 4 heteroatoms. The molecule has 1 heterocycles.